The van der Waals surface area contributed by atoms with E-state index in [4.69, 9.17) is 23.1 Å². The van der Waals surface area contributed by atoms with Gasteiger partial charge in [0.15, 0.2) is 0 Å². The van der Waals surface area contributed by atoms with Gasteiger partial charge < -0.3 is 19.2 Å². The van der Waals surface area contributed by atoms with E-state index >= 15 is 0 Å². The summed E-state index contributed by atoms with van der Waals surface area (Å²) in [7, 11) is -5.39. The van der Waals surface area contributed by atoms with Crippen molar-refractivity contribution >= 4 is 7.82 Å². The molecular formula is CoFeLi2O5P+. The van der Waals surface area contributed by atoms with Crippen LogP contribution in [0.2, 0.25) is 0 Å². The molecule has 0 saturated carbocycles. The topological polar surface area (TPSA) is 103 Å². The minimum absolute atomic E-state index is 0. The van der Waals surface area contributed by atoms with Crippen LogP contribution in [0.5, 0.6) is 0 Å². The van der Waals surface area contributed by atoms with Gasteiger partial charge in [0.2, 0.25) is 0 Å². The molecule has 53 valence electrons. The van der Waals surface area contributed by atoms with E-state index in [0.29, 0.717) is 0 Å². The van der Waals surface area contributed by atoms with Crippen LogP contribution < -0.4 is 52.4 Å². The molecule has 0 aromatic rings. The molecule has 0 bridgehead atoms. The van der Waals surface area contributed by atoms with Crippen molar-refractivity contribution in [1.29, 1.82) is 0 Å². The van der Waals surface area contributed by atoms with Crippen molar-refractivity contribution in [2.24, 2.45) is 0 Å². The van der Waals surface area contributed by atoms with Gasteiger partial charge in [-0.15, -0.1) is 0 Å². The molecule has 0 fully saturated rings. The number of hydrogen-bond donors (Lipinski definition) is 0. The van der Waals surface area contributed by atoms with Gasteiger partial charge >= 0.3 is 74.3 Å². The third kappa shape index (κ3) is 186. The molecule has 10 heteroatoms. The second-order valence-corrected chi connectivity index (χ2v) is 1.34. The van der Waals surface area contributed by atoms with E-state index in [2.05, 4.69) is 15.7 Å². The SMILES string of the molecule is O=P([O-])([O-])[O-].[Fe+2].[Li+].[Li+].[O]=[Co]. The van der Waals surface area contributed by atoms with E-state index in [9.17, 15) is 0 Å². The Morgan fingerprint density at radius 3 is 1.00 bits per heavy atom. The molecule has 0 aromatic carbocycles. The summed E-state index contributed by atoms with van der Waals surface area (Å²) in [6.07, 6.45) is 0. The van der Waals surface area contributed by atoms with Crippen molar-refractivity contribution in [3.05, 3.63) is 0 Å². The van der Waals surface area contributed by atoms with E-state index in [-0.39, 0.29) is 54.8 Å². The zero-order valence-electron chi connectivity index (χ0n) is 5.18. The molecule has 0 spiro atoms. The van der Waals surface area contributed by atoms with E-state index in [1.165, 1.54) is 0 Å². The monoisotopic (exact) mass is 240 g/mol. The Bertz CT molecular complexity index is 75.5. The first-order valence-electron chi connectivity index (χ1n) is 0.866. The van der Waals surface area contributed by atoms with Gasteiger partial charge in [-0.25, -0.2) is 0 Å². The Kier molecular flexibility index (Phi) is 51.1. The van der Waals surface area contributed by atoms with E-state index in [0.717, 1.165) is 0 Å². The van der Waals surface area contributed by atoms with E-state index in [1.54, 1.807) is 0 Å². The van der Waals surface area contributed by atoms with Crippen molar-refractivity contribution in [3.8, 4) is 0 Å². The van der Waals surface area contributed by atoms with Crippen LogP contribution in [0, 0.1) is 0 Å². The first-order chi connectivity index (χ1) is 3.00. The fourth-order valence-corrected chi connectivity index (χ4v) is 0. The molecular weight excluding hydrogens is 240 g/mol. The van der Waals surface area contributed by atoms with E-state index in [1.807, 2.05) is 0 Å². The second kappa shape index (κ2) is 17.3. The first kappa shape index (κ1) is 29.6. The Balaban J connectivity index is -0.0000000154. The first-order valence-corrected chi connectivity index (χ1v) is 2.75. The molecule has 0 aliphatic heterocycles. The summed E-state index contributed by atoms with van der Waals surface area (Å²) in [5.74, 6) is 0. The van der Waals surface area contributed by atoms with Crippen LogP contribution in [0.3, 0.4) is 0 Å². The maximum absolute atomic E-state index is 8.55. The normalized spacial score (nSPS) is 6.40. The standard InChI is InChI=1S/Co.Fe.2Li.H3O4P.O/c;;;;1-5(2,3)4;/h;;;;(H3,1,2,3,4);/q;+2;2*+1;;/p-3. The molecule has 0 atom stereocenters. The molecule has 0 aromatic heterocycles. The van der Waals surface area contributed by atoms with E-state index < -0.39 is 7.82 Å². The zero-order chi connectivity index (χ0) is 6.50. The average Bonchev–Trinajstić information content (AvgIpc) is 1.36. The Labute approximate surface area is 101 Å². The van der Waals surface area contributed by atoms with Gasteiger partial charge in [-0.3, -0.25) is 0 Å². The summed E-state index contributed by atoms with van der Waals surface area (Å²) in [6, 6.07) is 0. The van der Waals surface area contributed by atoms with Crippen molar-refractivity contribution < 1.29 is 93.6 Å². The second-order valence-electron chi connectivity index (χ2n) is 0.447. The third-order valence-electron chi connectivity index (χ3n) is 0. The van der Waals surface area contributed by atoms with Gasteiger partial charge in [-0.2, -0.15) is 7.82 Å². The summed E-state index contributed by atoms with van der Waals surface area (Å²) < 4.78 is 16.5. The number of rotatable bonds is 0. The van der Waals surface area contributed by atoms with Gasteiger partial charge in [0.05, 0.1) is 0 Å². The minimum atomic E-state index is -5.39. The van der Waals surface area contributed by atoms with Gasteiger partial charge in [0.25, 0.3) is 0 Å². The van der Waals surface area contributed by atoms with Gasteiger partial charge in [-0.1, -0.05) is 0 Å². The van der Waals surface area contributed by atoms with Crippen LogP contribution in [-0.2, 0) is 41.2 Å². The summed E-state index contributed by atoms with van der Waals surface area (Å²) >= 11 is 2.31. The Morgan fingerprint density at radius 2 is 1.00 bits per heavy atom. The van der Waals surface area contributed by atoms with Gasteiger partial charge in [-0.05, 0) is 0 Å². The molecule has 0 heterocycles. The Morgan fingerprint density at radius 1 is 1.00 bits per heavy atom. The molecule has 0 aliphatic carbocycles. The van der Waals surface area contributed by atoms with Crippen LogP contribution >= 0.6 is 7.82 Å². The summed E-state index contributed by atoms with van der Waals surface area (Å²) in [5.41, 5.74) is 0. The molecule has 0 unspecified atom stereocenters. The predicted octanol–water partition coefficient (Wildman–Crippen LogP) is -8.94. The predicted molar refractivity (Wildman–Crippen MR) is 8.29 cm³/mol. The quantitative estimate of drug-likeness (QED) is 0.308. The third-order valence-corrected chi connectivity index (χ3v) is 0. The molecule has 0 rings (SSSR count). The number of phosphoric acid groups is 1. The zero-order valence-corrected chi connectivity index (χ0v) is 8.21. The molecule has 0 amide bonds. The summed E-state index contributed by atoms with van der Waals surface area (Å²) in [4.78, 5) is 25.6. The van der Waals surface area contributed by atoms with Crippen LogP contribution in [0.25, 0.3) is 0 Å². The summed E-state index contributed by atoms with van der Waals surface area (Å²) in [5, 5.41) is 0. The molecule has 0 aliphatic rings. The summed E-state index contributed by atoms with van der Waals surface area (Å²) in [6.45, 7) is 0. The Hall–Kier alpha value is 2.13. The van der Waals surface area contributed by atoms with Crippen molar-refractivity contribution in [1.82, 2.24) is 0 Å². The van der Waals surface area contributed by atoms with Crippen molar-refractivity contribution in [2.75, 3.05) is 0 Å². The number of hydrogen-bond acceptors (Lipinski definition) is 5. The average molecular weight is 240 g/mol. The molecule has 10 heavy (non-hydrogen) atoms. The maximum atomic E-state index is 8.55. The molecule has 0 N–H and O–H groups in total. The van der Waals surface area contributed by atoms with Crippen LogP contribution in [0.15, 0.2) is 0 Å². The molecule has 0 radical (unpaired) electrons. The van der Waals surface area contributed by atoms with Crippen molar-refractivity contribution in [3.63, 3.8) is 0 Å². The van der Waals surface area contributed by atoms with Gasteiger partial charge in [0.1, 0.15) is 0 Å². The van der Waals surface area contributed by atoms with Gasteiger partial charge in [0, 0.05) is 0 Å². The molecule has 5 nitrogen and oxygen atoms in total. The van der Waals surface area contributed by atoms with Crippen LogP contribution in [-0.4, -0.2) is 0 Å². The molecule has 0 saturated heterocycles. The fraction of sp³-hybridized carbons (Fsp3) is 0. The van der Waals surface area contributed by atoms with Crippen LogP contribution in [0.4, 0.5) is 0 Å². The fourth-order valence-electron chi connectivity index (χ4n) is 0. The van der Waals surface area contributed by atoms with Crippen LogP contribution in [0.1, 0.15) is 0 Å². The van der Waals surface area contributed by atoms with Crippen molar-refractivity contribution in [2.45, 2.75) is 0 Å².